The van der Waals surface area contributed by atoms with E-state index in [1.165, 1.54) is 0 Å². The lowest BCUT2D eigenvalue weighted by molar-refractivity contribution is -0.0328. The van der Waals surface area contributed by atoms with Crippen molar-refractivity contribution in [2.45, 2.75) is 0 Å². The normalized spacial score (nSPS) is 10.4. The fourth-order valence-electron chi connectivity index (χ4n) is 0.832. The van der Waals surface area contributed by atoms with E-state index < -0.39 is 31.8 Å². The maximum absolute atomic E-state index is 10.0. The van der Waals surface area contributed by atoms with Gasteiger partial charge in [0.25, 0.3) is 0 Å². The minimum atomic E-state index is -1.11. The molecule has 0 spiro atoms. The molecule has 5 heteroatoms. The predicted molar refractivity (Wildman–Crippen MR) is 62.6 cm³/mol. The highest BCUT2D eigenvalue weighted by Gasteiger charge is 2.26. The van der Waals surface area contributed by atoms with Crippen molar-refractivity contribution in [3.05, 3.63) is 35.9 Å². The van der Waals surface area contributed by atoms with Gasteiger partial charge in [0.2, 0.25) is 0 Å². The van der Waals surface area contributed by atoms with Crippen molar-refractivity contribution in [1.82, 2.24) is 0 Å². The van der Waals surface area contributed by atoms with Gasteiger partial charge in [0, 0.05) is 5.56 Å². The van der Waals surface area contributed by atoms with Crippen LogP contribution in [0.15, 0.2) is 30.3 Å². The zero-order valence-electron chi connectivity index (χ0n) is 9.49. The van der Waals surface area contributed by atoms with Gasteiger partial charge >= 0.3 is 0 Å². The average Bonchev–Trinajstić information content (AvgIpc) is 2.44. The van der Waals surface area contributed by atoms with E-state index >= 15 is 0 Å². The van der Waals surface area contributed by atoms with Crippen LogP contribution in [0.4, 0.5) is 0 Å². The Hall–Kier alpha value is -1.27. The first-order chi connectivity index (χ1) is 8.17. The van der Waals surface area contributed by atoms with E-state index in [1.807, 2.05) is 18.2 Å². The Morgan fingerprint density at radius 2 is 1.29 bits per heavy atom. The molecule has 0 heterocycles. The van der Waals surface area contributed by atoms with Gasteiger partial charge in [-0.05, 0) is 0 Å². The standard InChI is InChI=1S/C7H6O.C5H12O4/c8-6-7-4-2-1-3-5-7;6-1-5(2-7,3-8)4-9/h1-6H;6-9H,1-4H2. The zero-order chi connectivity index (χ0) is 13.1. The molecule has 0 aliphatic heterocycles. The van der Waals surface area contributed by atoms with Gasteiger partial charge in [0.05, 0.1) is 31.8 Å². The molecule has 0 amide bonds. The molecule has 0 saturated carbocycles. The van der Waals surface area contributed by atoms with E-state index in [0.29, 0.717) is 0 Å². The summed E-state index contributed by atoms with van der Waals surface area (Å²) in [5.74, 6) is 0. The summed E-state index contributed by atoms with van der Waals surface area (Å²) in [5, 5.41) is 34.0. The Bertz CT molecular complexity index is 278. The van der Waals surface area contributed by atoms with Crippen LogP contribution in [0.25, 0.3) is 0 Å². The molecule has 0 aromatic heterocycles. The van der Waals surface area contributed by atoms with Gasteiger partial charge in [0.15, 0.2) is 0 Å². The number of carbonyl (C=O) groups is 1. The topological polar surface area (TPSA) is 98.0 Å². The molecule has 1 aromatic carbocycles. The molecular formula is C12H18O5. The van der Waals surface area contributed by atoms with Gasteiger partial charge < -0.3 is 20.4 Å². The first kappa shape index (κ1) is 15.7. The fraction of sp³-hybridized carbons (Fsp3) is 0.417. The predicted octanol–water partition coefficient (Wildman–Crippen LogP) is -0.559. The van der Waals surface area contributed by atoms with Crippen LogP contribution in [0.3, 0.4) is 0 Å². The van der Waals surface area contributed by atoms with E-state index in [2.05, 4.69) is 0 Å². The molecule has 1 aromatic rings. The summed E-state index contributed by atoms with van der Waals surface area (Å²) in [6.45, 7) is -1.62. The maximum Gasteiger partial charge on any atom is 0.150 e. The molecule has 0 aliphatic carbocycles. The second-order valence-corrected chi connectivity index (χ2v) is 3.66. The zero-order valence-corrected chi connectivity index (χ0v) is 9.49. The second kappa shape index (κ2) is 8.83. The molecule has 0 bridgehead atoms. The summed E-state index contributed by atoms with van der Waals surface area (Å²) < 4.78 is 0. The minimum Gasteiger partial charge on any atom is -0.396 e. The first-order valence-corrected chi connectivity index (χ1v) is 5.11. The van der Waals surface area contributed by atoms with E-state index in [-0.39, 0.29) is 0 Å². The largest absolute Gasteiger partial charge is 0.396 e. The summed E-state index contributed by atoms with van der Waals surface area (Å²) in [6, 6.07) is 9.10. The van der Waals surface area contributed by atoms with Crippen LogP contribution in [-0.2, 0) is 0 Å². The maximum atomic E-state index is 10.0. The van der Waals surface area contributed by atoms with Crippen molar-refractivity contribution >= 4 is 6.29 Å². The lowest BCUT2D eigenvalue weighted by Gasteiger charge is -2.23. The second-order valence-electron chi connectivity index (χ2n) is 3.66. The highest BCUT2D eigenvalue weighted by molar-refractivity contribution is 5.74. The minimum absolute atomic E-state index is 0.406. The molecule has 4 N–H and O–H groups in total. The number of aldehydes is 1. The summed E-state index contributed by atoms with van der Waals surface area (Å²) >= 11 is 0. The number of aliphatic hydroxyl groups is 4. The van der Waals surface area contributed by atoms with Crippen molar-refractivity contribution in [1.29, 1.82) is 0 Å². The van der Waals surface area contributed by atoms with Crippen molar-refractivity contribution in [2.24, 2.45) is 5.41 Å². The molecule has 0 unspecified atom stereocenters. The number of carbonyl (C=O) groups excluding carboxylic acids is 1. The van der Waals surface area contributed by atoms with E-state index in [4.69, 9.17) is 20.4 Å². The molecular weight excluding hydrogens is 224 g/mol. The molecule has 0 saturated heterocycles. The van der Waals surface area contributed by atoms with Crippen LogP contribution in [0.1, 0.15) is 10.4 Å². The third kappa shape index (κ3) is 5.55. The third-order valence-corrected chi connectivity index (χ3v) is 2.28. The molecule has 5 nitrogen and oxygen atoms in total. The smallest absolute Gasteiger partial charge is 0.150 e. The van der Waals surface area contributed by atoms with Crippen LogP contribution < -0.4 is 0 Å². The number of benzene rings is 1. The lowest BCUT2D eigenvalue weighted by atomic mass is 9.93. The van der Waals surface area contributed by atoms with Crippen LogP contribution in [0, 0.1) is 5.41 Å². The number of rotatable bonds is 5. The Kier molecular flexibility index (Phi) is 8.17. The molecule has 96 valence electrons. The van der Waals surface area contributed by atoms with E-state index in [1.54, 1.807) is 12.1 Å². The third-order valence-electron chi connectivity index (χ3n) is 2.28. The molecule has 0 fully saturated rings. The van der Waals surface area contributed by atoms with E-state index in [0.717, 1.165) is 11.8 Å². The van der Waals surface area contributed by atoms with Gasteiger partial charge in [-0.3, -0.25) is 4.79 Å². The Morgan fingerprint density at radius 1 is 0.882 bits per heavy atom. The fourth-order valence-corrected chi connectivity index (χ4v) is 0.832. The van der Waals surface area contributed by atoms with Gasteiger partial charge in [-0.25, -0.2) is 0 Å². The van der Waals surface area contributed by atoms with Crippen LogP contribution in [0.5, 0.6) is 0 Å². The number of hydrogen-bond donors (Lipinski definition) is 4. The molecule has 17 heavy (non-hydrogen) atoms. The quantitative estimate of drug-likeness (QED) is 0.519. The van der Waals surface area contributed by atoms with Crippen molar-refractivity contribution in [3.8, 4) is 0 Å². The van der Waals surface area contributed by atoms with Gasteiger partial charge in [-0.1, -0.05) is 30.3 Å². The van der Waals surface area contributed by atoms with Gasteiger partial charge in [-0.15, -0.1) is 0 Å². The van der Waals surface area contributed by atoms with Gasteiger partial charge in [0.1, 0.15) is 6.29 Å². The summed E-state index contributed by atoms with van der Waals surface area (Å²) in [5.41, 5.74) is -0.382. The first-order valence-electron chi connectivity index (χ1n) is 5.11. The Balaban J connectivity index is 0.000000302. The molecule has 0 aliphatic rings. The van der Waals surface area contributed by atoms with Crippen LogP contribution in [0.2, 0.25) is 0 Å². The highest BCUT2D eigenvalue weighted by atomic mass is 16.3. The van der Waals surface area contributed by atoms with Crippen LogP contribution >= 0.6 is 0 Å². The molecule has 0 radical (unpaired) electrons. The average molecular weight is 242 g/mol. The highest BCUT2D eigenvalue weighted by Crippen LogP contribution is 2.11. The number of aliphatic hydroxyl groups excluding tert-OH is 4. The summed E-state index contributed by atoms with van der Waals surface area (Å²) in [4.78, 5) is 10.0. The summed E-state index contributed by atoms with van der Waals surface area (Å²) in [7, 11) is 0. The number of hydrogen-bond acceptors (Lipinski definition) is 5. The monoisotopic (exact) mass is 242 g/mol. The summed E-state index contributed by atoms with van der Waals surface area (Å²) in [6.07, 6.45) is 0.833. The van der Waals surface area contributed by atoms with Gasteiger partial charge in [-0.2, -0.15) is 0 Å². The van der Waals surface area contributed by atoms with E-state index in [9.17, 15) is 4.79 Å². The van der Waals surface area contributed by atoms with Crippen LogP contribution in [-0.4, -0.2) is 53.1 Å². The van der Waals surface area contributed by atoms with Crippen molar-refractivity contribution in [2.75, 3.05) is 26.4 Å². The Morgan fingerprint density at radius 3 is 1.47 bits per heavy atom. The van der Waals surface area contributed by atoms with Crippen molar-refractivity contribution in [3.63, 3.8) is 0 Å². The SMILES string of the molecule is O=Cc1ccccc1.OCC(CO)(CO)CO. The molecule has 1 rings (SSSR count). The lowest BCUT2D eigenvalue weighted by Crippen LogP contribution is -2.37. The Labute approximate surface area is 100.0 Å². The van der Waals surface area contributed by atoms with Crippen molar-refractivity contribution < 1.29 is 25.2 Å². The molecule has 0 atom stereocenters.